The molecule has 0 bridgehead atoms. The highest BCUT2D eigenvalue weighted by molar-refractivity contribution is 5.96. The molecule has 0 radical (unpaired) electrons. The molecule has 0 spiro atoms. The van der Waals surface area contributed by atoms with Gasteiger partial charge in [0.2, 0.25) is 5.91 Å². The Kier molecular flexibility index (Phi) is 3.35. The van der Waals surface area contributed by atoms with Gasteiger partial charge >= 0.3 is 0 Å². The van der Waals surface area contributed by atoms with Crippen molar-refractivity contribution < 1.29 is 4.79 Å². The second kappa shape index (κ2) is 4.93. The van der Waals surface area contributed by atoms with Crippen molar-refractivity contribution >= 4 is 11.6 Å². The van der Waals surface area contributed by atoms with E-state index >= 15 is 0 Å². The smallest absolute Gasteiger partial charge is 0.243 e. The topological polar surface area (TPSA) is 103 Å². The predicted octanol–water partition coefficient (Wildman–Crippen LogP) is -0.352. The summed E-state index contributed by atoms with van der Waals surface area (Å²) in [4.78, 5) is 11.8. The van der Waals surface area contributed by atoms with Crippen LogP contribution in [0.3, 0.4) is 0 Å². The summed E-state index contributed by atoms with van der Waals surface area (Å²) in [5.41, 5.74) is 12.1. The third-order valence-electron chi connectivity index (χ3n) is 2.55. The summed E-state index contributed by atoms with van der Waals surface area (Å²) in [5, 5.41) is 11.6. The van der Waals surface area contributed by atoms with E-state index in [0.29, 0.717) is 17.7 Å². The van der Waals surface area contributed by atoms with E-state index in [1.165, 1.54) is 0 Å². The standard InChI is InChI=1S/C11H13N5O/c12-6-7-3-1-2-4-8(7)14-11(17)9-5-10(13)16-15-9/h1-4,9-10,15-16H,5,13H2,(H,14,17). The minimum absolute atomic E-state index is 0.201. The number of hydrazine groups is 1. The summed E-state index contributed by atoms with van der Waals surface area (Å²) in [5.74, 6) is -0.201. The molecule has 0 aromatic heterocycles. The first-order valence-corrected chi connectivity index (χ1v) is 5.27. The van der Waals surface area contributed by atoms with Crippen molar-refractivity contribution in [1.29, 1.82) is 5.26 Å². The van der Waals surface area contributed by atoms with Gasteiger partial charge in [0.1, 0.15) is 12.1 Å². The molecular formula is C11H13N5O. The largest absolute Gasteiger partial charge is 0.323 e. The van der Waals surface area contributed by atoms with Crippen LogP contribution in [0.15, 0.2) is 24.3 Å². The van der Waals surface area contributed by atoms with Crippen molar-refractivity contribution in [2.24, 2.45) is 5.73 Å². The van der Waals surface area contributed by atoms with Crippen LogP contribution >= 0.6 is 0 Å². The first-order chi connectivity index (χ1) is 8.20. The molecule has 1 aliphatic rings. The number of benzene rings is 1. The third-order valence-corrected chi connectivity index (χ3v) is 2.55. The molecule has 2 atom stereocenters. The molecule has 1 heterocycles. The molecule has 6 heteroatoms. The van der Waals surface area contributed by atoms with Gasteiger partial charge in [0.15, 0.2) is 0 Å². The van der Waals surface area contributed by atoms with E-state index in [1.807, 2.05) is 6.07 Å². The lowest BCUT2D eigenvalue weighted by atomic mass is 10.1. The summed E-state index contributed by atoms with van der Waals surface area (Å²) >= 11 is 0. The third kappa shape index (κ3) is 2.60. The second-order valence-corrected chi connectivity index (χ2v) is 3.83. The Hall–Kier alpha value is -1.94. The van der Waals surface area contributed by atoms with Crippen LogP contribution in [0, 0.1) is 11.3 Å². The van der Waals surface area contributed by atoms with Gasteiger partial charge < -0.3 is 11.1 Å². The van der Waals surface area contributed by atoms with E-state index in [4.69, 9.17) is 11.0 Å². The minimum atomic E-state index is -0.378. The Morgan fingerprint density at radius 2 is 2.24 bits per heavy atom. The maximum Gasteiger partial charge on any atom is 0.243 e. The first-order valence-electron chi connectivity index (χ1n) is 5.27. The zero-order valence-corrected chi connectivity index (χ0v) is 9.10. The number of nitriles is 1. The van der Waals surface area contributed by atoms with Crippen LogP contribution in [0.1, 0.15) is 12.0 Å². The zero-order valence-electron chi connectivity index (χ0n) is 9.10. The molecule has 0 aliphatic carbocycles. The minimum Gasteiger partial charge on any atom is -0.323 e. The molecule has 6 nitrogen and oxygen atoms in total. The second-order valence-electron chi connectivity index (χ2n) is 3.83. The molecule has 1 saturated heterocycles. The van der Waals surface area contributed by atoms with Crippen molar-refractivity contribution in [3.05, 3.63) is 29.8 Å². The fraction of sp³-hybridized carbons (Fsp3) is 0.273. The van der Waals surface area contributed by atoms with Crippen molar-refractivity contribution in [3.63, 3.8) is 0 Å². The summed E-state index contributed by atoms with van der Waals surface area (Å²) in [6, 6.07) is 8.51. The van der Waals surface area contributed by atoms with E-state index in [-0.39, 0.29) is 18.1 Å². The number of carbonyl (C=O) groups is 1. The van der Waals surface area contributed by atoms with Crippen LogP contribution in [-0.4, -0.2) is 18.1 Å². The Morgan fingerprint density at radius 1 is 1.47 bits per heavy atom. The van der Waals surface area contributed by atoms with Crippen LogP contribution in [0.4, 0.5) is 5.69 Å². The molecule has 1 aliphatic heterocycles. The number of para-hydroxylation sites is 1. The van der Waals surface area contributed by atoms with E-state index in [0.717, 1.165) is 0 Å². The molecule has 1 amide bonds. The van der Waals surface area contributed by atoms with Crippen molar-refractivity contribution in [2.75, 3.05) is 5.32 Å². The lowest BCUT2D eigenvalue weighted by Gasteiger charge is -2.11. The molecule has 88 valence electrons. The maximum atomic E-state index is 11.8. The van der Waals surface area contributed by atoms with E-state index in [1.54, 1.807) is 24.3 Å². The molecular weight excluding hydrogens is 218 g/mol. The molecule has 0 saturated carbocycles. The van der Waals surface area contributed by atoms with Gasteiger partial charge in [-0.15, -0.1) is 0 Å². The SMILES string of the molecule is N#Cc1ccccc1NC(=O)C1CC(N)NN1. The average molecular weight is 231 g/mol. The van der Waals surface area contributed by atoms with Crippen LogP contribution in [0.2, 0.25) is 0 Å². The fourth-order valence-electron chi connectivity index (χ4n) is 1.66. The van der Waals surface area contributed by atoms with Gasteiger partial charge in [-0.05, 0) is 12.1 Å². The zero-order chi connectivity index (χ0) is 12.3. The highest BCUT2D eigenvalue weighted by Crippen LogP contribution is 2.14. The first kappa shape index (κ1) is 11.5. The van der Waals surface area contributed by atoms with Crippen LogP contribution < -0.4 is 21.9 Å². The van der Waals surface area contributed by atoms with Gasteiger partial charge in [-0.2, -0.15) is 5.26 Å². The molecule has 2 unspecified atom stereocenters. The van der Waals surface area contributed by atoms with Gasteiger partial charge in [-0.25, -0.2) is 10.9 Å². The number of hydrogen-bond donors (Lipinski definition) is 4. The Labute approximate surface area is 98.8 Å². The van der Waals surface area contributed by atoms with Gasteiger partial charge in [0.25, 0.3) is 0 Å². The Bertz CT molecular complexity index is 467. The normalized spacial score (nSPS) is 23.1. The highest BCUT2D eigenvalue weighted by atomic mass is 16.2. The number of amides is 1. The molecule has 5 N–H and O–H groups in total. The average Bonchev–Trinajstić information content (AvgIpc) is 2.77. The van der Waals surface area contributed by atoms with E-state index in [2.05, 4.69) is 16.2 Å². The van der Waals surface area contributed by atoms with E-state index in [9.17, 15) is 4.79 Å². The fourth-order valence-corrected chi connectivity index (χ4v) is 1.66. The molecule has 2 rings (SSSR count). The lowest BCUT2D eigenvalue weighted by Crippen LogP contribution is -2.41. The number of nitrogens with two attached hydrogens (primary N) is 1. The van der Waals surface area contributed by atoms with Crippen molar-refractivity contribution in [3.8, 4) is 6.07 Å². The number of anilines is 1. The summed E-state index contributed by atoms with van der Waals surface area (Å²) in [6.07, 6.45) is 0.289. The van der Waals surface area contributed by atoms with Gasteiger partial charge in [0.05, 0.1) is 17.4 Å². The highest BCUT2D eigenvalue weighted by Gasteiger charge is 2.27. The van der Waals surface area contributed by atoms with Crippen LogP contribution in [0.25, 0.3) is 0 Å². The predicted molar refractivity (Wildman–Crippen MR) is 62.4 cm³/mol. The molecule has 17 heavy (non-hydrogen) atoms. The number of hydrogen-bond acceptors (Lipinski definition) is 5. The summed E-state index contributed by atoms with van der Waals surface area (Å²) in [7, 11) is 0. The number of carbonyl (C=O) groups excluding carboxylic acids is 1. The van der Waals surface area contributed by atoms with Crippen LogP contribution in [-0.2, 0) is 4.79 Å². The molecule has 1 fully saturated rings. The Balaban J connectivity index is 2.06. The van der Waals surface area contributed by atoms with Crippen molar-refractivity contribution in [2.45, 2.75) is 18.6 Å². The Morgan fingerprint density at radius 3 is 2.88 bits per heavy atom. The van der Waals surface area contributed by atoms with Gasteiger partial charge in [-0.1, -0.05) is 12.1 Å². The summed E-state index contributed by atoms with van der Waals surface area (Å²) < 4.78 is 0. The number of nitrogens with zero attached hydrogens (tertiary/aromatic N) is 1. The van der Waals surface area contributed by atoms with Gasteiger partial charge in [0, 0.05) is 6.42 Å². The van der Waals surface area contributed by atoms with Gasteiger partial charge in [-0.3, -0.25) is 4.79 Å². The maximum absolute atomic E-state index is 11.8. The number of rotatable bonds is 2. The number of nitrogens with one attached hydrogen (secondary N) is 3. The van der Waals surface area contributed by atoms with E-state index < -0.39 is 0 Å². The van der Waals surface area contributed by atoms with Crippen molar-refractivity contribution in [1.82, 2.24) is 10.9 Å². The summed E-state index contributed by atoms with van der Waals surface area (Å²) in [6.45, 7) is 0. The molecule has 1 aromatic carbocycles. The lowest BCUT2D eigenvalue weighted by molar-refractivity contribution is -0.117. The molecule has 1 aromatic rings. The van der Waals surface area contributed by atoms with Crippen LogP contribution in [0.5, 0.6) is 0 Å². The monoisotopic (exact) mass is 231 g/mol. The quantitative estimate of drug-likeness (QED) is 0.557.